The maximum Gasteiger partial charge on any atom is 0.242 e. The van der Waals surface area contributed by atoms with E-state index in [0.29, 0.717) is 10.6 Å². The Balaban J connectivity index is 1.67. The van der Waals surface area contributed by atoms with Gasteiger partial charge in [-0.1, -0.05) is 6.92 Å². The van der Waals surface area contributed by atoms with E-state index in [1.165, 1.54) is 12.1 Å². The summed E-state index contributed by atoms with van der Waals surface area (Å²) >= 11 is 3.09. The number of anilines is 1. The van der Waals surface area contributed by atoms with Crippen molar-refractivity contribution in [2.24, 2.45) is 5.41 Å². The summed E-state index contributed by atoms with van der Waals surface area (Å²) in [5.74, 6) is -0.339. The van der Waals surface area contributed by atoms with E-state index in [2.05, 4.69) is 38.5 Å². The molecule has 96 valence electrons. The second kappa shape index (κ2) is 3.99. The average molecular weight is 314 g/mol. The highest BCUT2D eigenvalue weighted by molar-refractivity contribution is 9.10. The molecule has 3 rings (SSSR count). The van der Waals surface area contributed by atoms with Gasteiger partial charge in [-0.25, -0.2) is 9.37 Å². The SMILES string of the molecule is C[C@@]12C[C@@H](C(=O)Nc3cc(F)cc(Br)n3)N[C@@H]1C2. The molecule has 0 unspecified atom stereocenters. The number of carbonyl (C=O) groups is 1. The smallest absolute Gasteiger partial charge is 0.242 e. The molecule has 1 aromatic heterocycles. The Morgan fingerprint density at radius 1 is 1.61 bits per heavy atom. The third-order valence-electron chi connectivity index (χ3n) is 3.75. The van der Waals surface area contributed by atoms with Gasteiger partial charge in [0.1, 0.15) is 16.2 Å². The Hall–Kier alpha value is -1.01. The van der Waals surface area contributed by atoms with E-state index < -0.39 is 5.82 Å². The van der Waals surface area contributed by atoms with Gasteiger partial charge in [0.25, 0.3) is 0 Å². The van der Waals surface area contributed by atoms with Crippen molar-refractivity contribution in [3.63, 3.8) is 0 Å². The summed E-state index contributed by atoms with van der Waals surface area (Å²) in [6.07, 6.45) is 1.97. The molecule has 2 aliphatic rings. The van der Waals surface area contributed by atoms with Crippen molar-refractivity contribution < 1.29 is 9.18 Å². The minimum atomic E-state index is -0.429. The summed E-state index contributed by atoms with van der Waals surface area (Å²) in [6, 6.07) is 2.72. The lowest BCUT2D eigenvalue weighted by molar-refractivity contribution is -0.118. The van der Waals surface area contributed by atoms with E-state index in [-0.39, 0.29) is 23.2 Å². The number of carbonyl (C=O) groups excluding carboxylic acids is 1. The number of halogens is 2. The molecule has 2 heterocycles. The van der Waals surface area contributed by atoms with Crippen molar-refractivity contribution in [1.29, 1.82) is 0 Å². The minimum absolute atomic E-state index is 0.145. The van der Waals surface area contributed by atoms with Gasteiger partial charge in [0, 0.05) is 18.2 Å². The summed E-state index contributed by atoms with van der Waals surface area (Å²) in [5, 5.41) is 5.91. The molecule has 1 saturated heterocycles. The van der Waals surface area contributed by atoms with Crippen LogP contribution in [0.3, 0.4) is 0 Å². The molecule has 1 aliphatic carbocycles. The molecule has 1 aliphatic heterocycles. The van der Waals surface area contributed by atoms with Crippen LogP contribution in [-0.2, 0) is 4.79 Å². The summed E-state index contributed by atoms with van der Waals surface area (Å²) < 4.78 is 13.5. The zero-order valence-corrected chi connectivity index (χ0v) is 11.4. The van der Waals surface area contributed by atoms with E-state index in [9.17, 15) is 9.18 Å². The fourth-order valence-corrected chi connectivity index (χ4v) is 2.98. The number of aromatic nitrogens is 1. The van der Waals surface area contributed by atoms with Crippen molar-refractivity contribution in [3.8, 4) is 0 Å². The molecule has 4 nitrogen and oxygen atoms in total. The lowest BCUT2D eigenvalue weighted by Gasteiger charge is -2.14. The van der Waals surface area contributed by atoms with Gasteiger partial charge in [0.05, 0.1) is 6.04 Å². The molecular formula is C12H13BrFN3O. The quantitative estimate of drug-likeness (QED) is 0.822. The van der Waals surface area contributed by atoms with Crippen LogP contribution in [0.25, 0.3) is 0 Å². The van der Waals surface area contributed by atoms with Crippen LogP contribution in [-0.4, -0.2) is 23.0 Å². The van der Waals surface area contributed by atoms with Crippen LogP contribution in [0.4, 0.5) is 10.2 Å². The van der Waals surface area contributed by atoms with Gasteiger partial charge >= 0.3 is 0 Å². The van der Waals surface area contributed by atoms with Gasteiger partial charge in [-0.2, -0.15) is 0 Å². The second-order valence-corrected chi connectivity index (χ2v) is 6.13. The standard InChI is InChI=1S/C12H13BrFN3O/c1-12-4-7(15-8(12)5-12)11(18)17-10-3-6(14)2-9(13)16-10/h2-3,7-8,15H,4-5H2,1H3,(H,16,17,18)/t7-,8+,12-/m0/s1. The van der Waals surface area contributed by atoms with Crippen LogP contribution in [0.15, 0.2) is 16.7 Å². The molecule has 1 saturated carbocycles. The molecule has 0 aromatic carbocycles. The van der Waals surface area contributed by atoms with Gasteiger partial charge in [0.15, 0.2) is 0 Å². The van der Waals surface area contributed by atoms with E-state index in [4.69, 9.17) is 0 Å². The number of nitrogens with one attached hydrogen (secondary N) is 2. The van der Waals surface area contributed by atoms with Gasteiger partial charge in [-0.15, -0.1) is 0 Å². The fourth-order valence-electron chi connectivity index (χ4n) is 2.57. The van der Waals surface area contributed by atoms with Crippen LogP contribution < -0.4 is 10.6 Å². The third kappa shape index (κ3) is 2.14. The highest BCUT2D eigenvalue weighted by Crippen LogP contribution is 2.53. The van der Waals surface area contributed by atoms with E-state index in [1.807, 2.05) is 0 Å². The monoisotopic (exact) mass is 313 g/mol. The number of pyridine rings is 1. The van der Waals surface area contributed by atoms with Crippen molar-refractivity contribution in [2.75, 3.05) is 5.32 Å². The maximum absolute atomic E-state index is 13.1. The number of amides is 1. The normalized spacial score (nSPS) is 33.1. The first-order valence-electron chi connectivity index (χ1n) is 5.86. The van der Waals surface area contributed by atoms with Crippen LogP contribution in [0.2, 0.25) is 0 Å². The summed E-state index contributed by atoms with van der Waals surface area (Å²) in [4.78, 5) is 16.0. The van der Waals surface area contributed by atoms with Gasteiger partial charge < -0.3 is 10.6 Å². The molecule has 6 heteroatoms. The Morgan fingerprint density at radius 2 is 2.39 bits per heavy atom. The molecule has 1 amide bonds. The number of nitrogens with zero attached hydrogens (tertiary/aromatic N) is 1. The minimum Gasteiger partial charge on any atom is -0.309 e. The molecule has 3 atom stereocenters. The first kappa shape index (κ1) is 12.0. The average Bonchev–Trinajstić information content (AvgIpc) is 2.75. The lowest BCUT2D eigenvalue weighted by Crippen LogP contribution is -2.38. The predicted molar refractivity (Wildman–Crippen MR) is 68.6 cm³/mol. The van der Waals surface area contributed by atoms with Crippen LogP contribution in [0, 0.1) is 11.2 Å². The first-order chi connectivity index (χ1) is 8.46. The molecule has 1 aromatic rings. The Bertz CT molecular complexity index is 504. The highest BCUT2D eigenvalue weighted by atomic mass is 79.9. The second-order valence-electron chi connectivity index (χ2n) is 5.32. The summed E-state index contributed by atoms with van der Waals surface area (Å²) in [7, 11) is 0. The number of hydrogen-bond donors (Lipinski definition) is 2. The van der Waals surface area contributed by atoms with Gasteiger partial charge in [0.2, 0.25) is 5.91 Å². The van der Waals surface area contributed by atoms with Crippen LogP contribution in [0.1, 0.15) is 19.8 Å². The van der Waals surface area contributed by atoms with Crippen LogP contribution in [0.5, 0.6) is 0 Å². The summed E-state index contributed by atoms with van der Waals surface area (Å²) in [5.41, 5.74) is 0.276. The molecular weight excluding hydrogens is 301 g/mol. The largest absolute Gasteiger partial charge is 0.309 e. The first-order valence-corrected chi connectivity index (χ1v) is 6.66. The molecule has 18 heavy (non-hydrogen) atoms. The predicted octanol–water partition coefficient (Wildman–Crippen LogP) is 2.06. The Labute approximate surface area is 112 Å². The molecule has 2 fully saturated rings. The van der Waals surface area contributed by atoms with Crippen molar-refractivity contribution in [2.45, 2.75) is 31.8 Å². The zero-order valence-electron chi connectivity index (χ0n) is 9.84. The topological polar surface area (TPSA) is 54.0 Å². The number of hydrogen-bond acceptors (Lipinski definition) is 3. The lowest BCUT2D eigenvalue weighted by atomic mass is 10.0. The summed E-state index contributed by atoms with van der Waals surface area (Å²) in [6.45, 7) is 2.18. The molecule has 2 N–H and O–H groups in total. The maximum atomic E-state index is 13.1. The van der Waals surface area contributed by atoms with E-state index in [1.54, 1.807) is 0 Å². The van der Waals surface area contributed by atoms with Crippen molar-refractivity contribution in [3.05, 3.63) is 22.6 Å². The van der Waals surface area contributed by atoms with E-state index in [0.717, 1.165) is 12.8 Å². The van der Waals surface area contributed by atoms with Crippen LogP contribution >= 0.6 is 15.9 Å². The van der Waals surface area contributed by atoms with Crippen molar-refractivity contribution in [1.82, 2.24) is 10.3 Å². The molecule has 0 spiro atoms. The molecule has 0 bridgehead atoms. The van der Waals surface area contributed by atoms with Gasteiger partial charge in [-0.05, 0) is 34.2 Å². The van der Waals surface area contributed by atoms with Crippen molar-refractivity contribution >= 4 is 27.7 Å². The zero-order chi connectivity index (χ0) is 12.9. The van der Waals surface area contributed by atoms with E-state index >= 15 is 0 Å². The number of fused-ring (bicyclic) bond motifs is 1. The fraction of sp³-hybridized carbons (Fsp3) is 0.500. The van der Waals surface area contributed by atoms with Gasteiger partial charge in [-0.3, -0.25) is 4.79 Å². The number of rotatable bonds is 2. The Morgan fingerprint density at radius 3 is 3.00 bits per heavy atom. The number of piperidine rings is 1. The molecule has 0 radical (unpaired) electrons. The third-order valence-corrected chi connectivity index (χ3v) is 4.16. The highest BCUT2D eigenvalue weighted by Gasteiger charge is 2.58. The Kier molecular flexibility index (Phi) is 2.67.